The SMILES string of the molecule is CCC(=O)N1CCc2cc(S(=O)(=O)NCc3cccnc3)ccc21. The number of pyridine rings is 1. The predicted octanol–water partition coefficient (Wildman–Crippen LogP) is 1.86. The maximum atomic E-state index is 12.5. The number of fused-ring (bicyclic) bond motifs is 1. The van der Waals surface area contributed by atoms with E-state index in [-0.39, 0.29) is 17.3 Å². The highest BCUT2D eigenvalue weighted by molar-refractivity contribution is 7.89. The van der Waals surface area contributed by atoms with E-state index in [1.807, 2.05) is 13.0 Å². The Morgan fingerprint density at radius 3 is 2.88 bits per heavy atom. The number of hydrogen-bond acceptors (Lipinski definition) is 4. The second-order valence-electron chi connectivity index (χ2n) is 5.63. The van der Waals surface area contributed by atoms with E-state index < -0.39 is 10.0 Å². The summed E-state index contributed by atoms with van der Waals surface area (Å²) in [7, 11) is -3.60. The molecule has 2 heterocycles. The first kappa shape index (κ1) is 16.6. The summed E-state index contributed by atoms with van der Waals surface area (Å²) in [6.45, 7) is 2.61. The maximum absolute atomic E-state index is 12.5. The number of amides is 1. The van der Waals surface area contributed by atoms with Crippen LogP contribution in [0.15, 0.2) is 47.6 Å². The van der Waals surface area contributed by atoms with Gasteiger partial charge in [-0.15, -0.1) is 0 Å². The molecule has 3 rings (SSSR count). The van der Waals surface area contributed by atoms with Gasteiger partial charge in [-0.2, -0.15) is 0 Å². The van der Waals surface area contributed by atoms with Crippen LogP contribution < -0.4 is 9.62 Å². The van der Waals surface area contributed by atoms with Crippen LogP contribution in [0.2, 0.25) is 0 Å². The first-order chi connectivity index (χ1) is 11.5. The van der Waals surface area contributed by atoms with Crippen LogP contribution in [0.1, 0.15) is 24.5 Å². The molecule has 1 N–H and O–H groups in total. The van der Waals surface area contributed by atoms with Crippen LogP contribution in [0.4, 0.5) is 5.69 Å². The fourth-order valence-electron chi connectivity index (χ4n) is 2.76. The number of nitrogens with zero attached hydrogens (tertiary/aromatic N) is 2. The summed E-state index contributed by atoms with van der Waals surface area (Å²) >= 11 is 0. The normalized spacial score (nSPS) is 13.8. The van der Waals surface area contributed by atoms with Crippen molar-refractivity contribution in [2.45, 2.75) is 31.2 Å². The van der Waals surface area contributed by atoms with Gasteiger partial charge >= 0.3 is 0 Å². The van der Waals surface area contributed by atoms with Gasteiger partial charge in [-0.25, -0.2) is 13.1 Å². The summed E-state index contributed by atoms with van der Waals surface area (Å²) in [6, 6.07) is 8.49. The van der Waals surface area contributed by atoms with Gasteiger partial charge in [-0.05, 0) is 41.8 Å². The monoisotopic (exact) mass is 345 g/mol. The highest BCUT2D eigenvalue weighted by Gasteiger charge is 2.25. The third-order valence-electron chi connectivity index (χ3n) is 4.05. The molecule has 0 saturated heterocycles. The third kappa shape index (κ3) is 3.32. The van der Waals surface area contributed by atoms with Gasteiger partial charge in [0.15, 0.2) is 0 Å². The smallest absolute Gasteiger partial charge is 0.240 e. The van der Waals surface area contributed by atoms with Crippen molar-refractivity contribution in [3.8, 4) is 0 Å². The van der Waals surface area contributed by atoms with Crippen LogP contribution in [0.3, 0.4) is 0 Å². The van der Waals surface area contributed by atoms with Crippen molar-refractivity contribution in [3.63, 3.8) is 0 Å². The Balaban J connectivity index is 1.79. The Morgan fingerprint density at radius 1 is 1.33 bits per heavy atom. The second-order valence-corrected chi connectivity index (χ2v) is 7.39. The minimum absolute atomic E-state index is 0.0547. The quantitative estimate of drug-likeness (QED) is 0.897. The molecule has 1 amide bonds. The number of aromatic nitrogens is 1. The van der Waals surface area contributed by atoms with Crippen molar-refractivity contribution in [1.82, 2.24) is 9.71 Å². The van der Waals surface area contributed by atoms with Crippen molar-refractivity contribution in [1.29, 1.82) is 0 Å². The van der Waals surface area contributed by atoms with Crippen LogP contribution in [-0.2, 0) is 27.8 Å². The molecule has 2 aromatic rings. The Hall–Kier alpha value is -2.25. The van der Waals surface area contributed by atoms with Gasteiger partial charge in [0.1, 0.15) is 0 Å². The summed E-state index contributed by atoms with van der Waals surface area (Å²) in [5.41, 5.74) is 2.50. The average Bonchev–Trinajstić information content (AvgIpc) is 3.03. The van der Waals surface area contributed by atoms with Crippen molar-refractivity contribution in [3.05, 3.63) is 53.9 Å². The van der Waals surface area contributed by atoms with Crippen molar-refractivity contribution in [2.24, 2.45) is 0 Å². The molecule has 0 fully saturated rings. The standard InChI is InChI=1S/C17H19N3O3S/c1-2-17(21)20-9-7-14-10-15(5-6-16(14)20)24(22,23)19-12-13-4-3-8-18-11-13/h3-6,8,10-11,19H,2,7,9,12H2,1H3. The number of benzene rings is 1. The van der Waals surface area contributed by atoms with Crippen LogP contribution in [0, 0.1) is 0 Å². The number of sulfonamides is 1. The van der Waals surface area contributed by atoms with Crippen LogP contribution in [-0.4, -0.2) is 25.9 Å². The molecule has 126 valence electrons. The fourth-order valence-corrected chi connectivity index (χ4v) is 3.83. The lowest BCUT2D eigenvalue weighted by atomic mass is 10.2. The first-order valence-corrected chi connectivity index (χ1v) is 9.31. The lowest BCUT2D eigenvalue weighted by Crippen LogP contribution is -2.27. The van der Waals surface area contributed by atoms with Gasteiger partial charge in [-0.3, -0.25) is 9.78 Å². The van der Waals surface area contributed by atoms with Crippen LogP contribution >= 0.6 is 0 Å². The van der Waals surface area contributed by atoms with E-state index in [1.54, 1.807) is 41.6 Å². The lowest BCUT2D eigenvalue weighted by molar-refractivity contribution is -0.118. The van der Waals surface area contributed by atoms with Gasteiger partial charge in [0.2, 0.25) is 15.9 Å². The maximum Gasteiger partial charge on any atom is 0.240 e. The largest absolute Gasteiger partial charge is 0.312 e. The highest BCUT2D eigenvalue weighted by Crippen LogP contribution is 2.30. The predicted molar refractivity (Wildman–Crippen MR) is 91.1 cm³/mol. The number of nitrogens with one attached hydrogen (secondary N) is 1. The topological polar surface area (TPSA) is 79.4 Å². The van der Waals surface area contributed by atoms with Crippen molar-refractivity contribution in [2.75, 3.05) is 11.4 Å². The minimum atomic E-state index is -3.60. The van der Waals surface area contributed by atoms with Gasteiger partial charge in [0.05, 0.1) is 4.90 Å². The summed E-state index contributed by atoms with van der Waals surface area (Å²) in [5.74, 6) is 0.0547. The Bertz CT molecular complexity index is 851. The number of carbonyl (C=O) groups excluding carboxylic acids is 1. The number of carbonyl (C=O) groups is 1. The Kier molecular flexibility index (Phi) is 4.64. The van der Waals surface area contributed by atoms with E-state index in [1.165, 1.54) is 0 Å². The summed E-state index contributed by atoms with van der Waals surface area (Å²) in [6.07, 6.45) is 4.38. The zero-order chi connectivity index (χ0) is 17.2. The molecule has 24 heavy (non-hydrogen) atoms. The van der Waals surface area contributed by atoms with E-state index in [4.69, 9.17) is 0 Å². The Labute approximate surface area is 141 Å². The number of rotatable bonds is 5. The summed E-state index contributed by atoms with van der Waals surface area (Å²) < 4.78 is 27.5. The molecular formula is C17H19N3O3S. The average molecular weight is 345 g/mol. The van der Waals surface area contributed by atoms with Gasteiger partial charge in [0.25, 0.3) is 0 Å². The Morgan fingerprint density at radius 2 is 2.17 bits per heavy atom. The highest BCUT2D eigenvalue weighted by atomic mass is 32.2. The van der Waals surface area contributed by atoms with E-state index in [0.29, 0.717) is 19.4 Å². The fraction of sp³-hybridized carbons (Fsp3) is 0.294. The molecule has 0 atom stereocenters. The van der Waals surface area contributed by atoms with E-state index >= 15 is 0 Å². The first-order valence-electron chi connectivity index (χ1n) is 7.83. The molecule has 6 nitrogen and oxygen atoms in total. The molecule has 0 bridgehead atoms. The van der Waals surface area contributed by atoms with E-state index in [2.05, 4.69) is 9.71 Å². The molecular weight excluding hydrogens is 326 g/mol. The second kappa shape index (κ2) is 6.70. The number of anilines is 1. The van der Waals surface area contributed by atoms with E-state index in [0.717, 1.165) is 16.8 Å². The molecule has 7 heteroatoms. The zero-order valence-electron chi connectivity index (χ0n) is 13.4. The molecule has 1 aliphatic heterocycles. The molecule has 1 aromatic carbocycles. The van der Waals surface area contributed by atoms with Gasteiger partial charge in [0, 0.05) is 37.6 Å². The lowest BCUT2D eigenvalue weighted by Gasteiger charge is -2.16. The molecule has 0 saturated carbocycles. The molecule has 1 aliphatic rings. The zero-order valence-corrected chi connectivity index (χ0v) is 14.2. The third-order valence-corrected chi connectivity index (χ3v) is 5.45. The molecule has 0 radical (unpaired) electrons. The van der Waals surface area contributed by atoms with E-state index in [9.17, 15) is 13.2 Å². The summed E-state index contributed by atoms with van der Waals surface area (Å²) in [4.78, 5) is 17.8. The van der Waals surface area contributed by atoms with Gasteiger partial charge < -0.3 is 4.90 Å². The molecule has 1 aromatic heterocycles. The van der Waals surface area contributed by atoms with Crippen molar-refractivity contribution >= 4 is 21.6 Å². The molecule has 0 unspecified atom stereocenters. The molecule has 0 spiro atoms. The van der Waals surface area contributed by atoms with Crippen LogP contribution in [0.5, 0.6) is 0 Å². The summed E-state index contributed by atoms with van der Waals surface area (Å²) in [5, 5.41) is 0. The van der Waals surface area contributed by atoms with Crippen LogP contribution in [0.25, 0.3) is 0 Å². The number of hydrogen-bond donors (Lipinski definition) is 1. The van der Waals surface area contributed by atoms with Gasteiger partial charge in [-0.1, -0.05) is 13.0 Å². The minimum Gasteiger partial charge on any atom is -0.312 e. The molecule has 0 aliphatic carbocycles. The van der Waals surface area contributed by atoms with Crippen molar-refractivity contribution < 1.29 is 13.2 Å².